The monoisotopic (exact) mass is 250 g/mol. The molecule has 0 bridgehead atoms. The smallest absolute Gasteiger partial charge is 0.376 e. The molecule has 0 aliphatic heterocycles. The van der Waals surface area contributed by atoms with E-state index in [0.717, 1.165) is 10.8 Å². The van der Waals surface area contributed by atoms with E-state index in [1.165, 1.54) is 6.66 Å². The standard InChI is InChI=1S/C13H15O3P/c1-3-15-17(2,14)16-13-10-6-8-11-7-4-5-9-12(11)13/h4-10H,3H2,1-2H3. The molecule has 3 nitrogen and oxygen atoms in total. The van der Waals surface area contributed by atoms with Crippen LogP contribution in [0.25, 0.3) is 10.8 Å². The zero-order chi connectivity index (χ0) is 12.3. The van der Waals surface area contributed by atoms with E-state index in [2.05, 4.69) is 0 Å². The highest BCUT2D eigenvalue weighted by Gasteiger charge is 2.18. The topological polar surface area (TPSA) is 35.5 Å². The molecular formula is C13H15O3P. The zero-order valence-corrected chi connectivity index (χ0v) is 10.8. The average Bonchev–Trinajstić information content (AvgIpc) is 2.29. The second-order valence-electron chi connectivity index (χ2n) is 3.76. The summed E-state index contributed by atoms with van der Waals surface area (Å²) < 4.78 is 22.6. The van der Waals surface area contributed by atoms with Crippen molar-refractivity contribution in [2.24, 2.45) is 0 Å². The van der Waals surface area contributed by atoms with E-state index in [0.29, 0.717) is 12.4 Å². The molecule has 0 saturated heterocycles. The van der Waals surface area contributed by atoms with Crippen LogP contribution in [0.2, 0.25) is 0 Å². The van der Waals surface area contributed by atoms with Crippen LogP contribution in [0.1, 0.15) is 6.92 Å². The summed E-state index contributed by atoms with van der Waals surface area (Å²) in [7, 11) is -3.02. The predicted octanol–water partition coefficient (Wildman–Crippen LogP) is 4.08. The van der Waals surface area contributed by atoms with Crippen molar-refractivity contribution < 1.29 is 13.6 Å². The molecule has 0 saturated carbocycles. The Balaban J connectivity index is 2.39. The van der Waals surface area contributed by atoms with E-state index in [1.54, 1.807) is 13.0 Å². The van der Waals surface area contributed by atoms with Crippen molar-refractivity contribution in [2.75, 3.05) is 13.3 Å². The first kappa shape index (κ1) is 12.2. The lowest BCUT2D eigenvalue weighted by Crippen LogP contribution is -1.96. The van der Waals surface area contributed by atoms with Crippen LogP contribution >= 0.6 is 7.60 Å². The largest absolute Gasteiger partial charge is 0.424 e. The highest BCUT2D eigenvalue weighted by molar-refractivity contribution is 7.53. The van der Waals surface area contributed by atoms with Gasteiger partial charge in [0.25, 0.3) is 0 Å². The van der Waals surface area contributed by atoms with Crippen LogP contribution in [0.4, 0.5) is 0 Å². The maximum absolute atomic E-state index is 12.0. The van der Waals surface area contributed by atoms with Gasteiger partial charge in [0.15, 0.2) is 0 Å². The van der Waals surface area contributed by atoms with E-state index in [9.17, 15) is 4.57 Å². The second-order valence-corrected chi connectivity index (χ2v) is 5.74. The van der Waals surface area contributed by atoms with Crippen LogP contribution in [-0.2, 0) is 9.09 Å². The highest BCUT2D eigenvalue weighted by atomic mass is 31.2. The molecule has 0 heterocycles. The van der Waals surface area contributed by atoms with E-state index in [4.69, 9.17) is 9.05 Å². The van der Waals surface area contributed by atoms with E-state index >= 15 is 0 Å². The van der Waals surface area contributed by atoms with E-state index < -0.39 is 7.60 Å². The van der Waals surface area contributed by atoms with Gasteiger partial charge in [0.1, 0.15) is 5.75 Å². The Bertz CT molecular complexity index is 560. The molecule has 0 aliphatic rings. The zero-order valence-electron chi connectivity index (χ0n) is 9.92. The van der Waals surface area contributed by atoms with Gasteiger partial charge < -0.3 is 9.05 Å². The number of rotatable bonds is 4. The molecule has 0 spiro atoms. The maximum atomic E-state index is 12.0. The molecule has 0 fully saturated rings. The van der Waals surface area contributed by atoms with Crippen LogP contribution in [-0.4, -0.2) is 13.3 Å². The molecule has 2 rings (SSSR count). The molecule has 0 radical (unpaired) electrons. The van der Waals surface area contributed by atoms with Crippen LogP contribution < -0.4 is 4.52 Å². The number of hydrogen-bond donors (Lipinski definition) is 0. The van der Waals surface area contributed by atoms with Crippen molar-refractivity contribution in [3.05, 3.63) is 42.5 Å². The molecule has 0 amide bonds. The fraction of sp³-hybridized carbons (Fsp3) is 0.231. The molecule has 2 aromatic carbocycles. The van der Waals surface area contributed by atoms with Crippen molar-refractivity contribution in [1.29, 1.82) is 0 Å². The molecular weight excluding hydrogens is 235 g/mol. The molecule has 0 aromatic heterocycles. The molecule has 90 valence electrons. The summed E-state index contributed by atoms with van der Waals surface area (Å²) in [4.78, 5) is 0. The fourth-order valence-corrected chi connectivity index (χ4v) is 2.75. The predicted molar refractivity (Wildman–Crippen MR) is 69.7 cm³/mol. The van der Waals surface area contributed by atoms with Crippen molar-refractivity contribution in [3.63, 3.8) is 0 Å². The van der Waals surface area contributed by atoms with Gasteiger partial charge in [0.05, 0.1) is 6.61 Å². The molecule has 0 N–H and O–H groups in total. The molecule has 1 atom stereocenters. The molecule has 0 aliphatic carbocycles. The van der Waals surface area contributed by atoms with Crippen LogP contribution in [0.15, 0.2) is 42.5 Å². The van der Waals surface area contributed by atoms with Gasteiger partial charge in [-0.3, -0.25) is 0 Å². The van der Waals surface area contributed by atoms with E-state index in [-0.39, 0.29) is 0 Å². The Morgan fingerprint density at radius 2 is 1.82 bits per heavy atom. The first-order valence-corrected chi connectivity index (χ1v) is 7.51. The summed E-state index contributed by atoms with van der Waals surface area (Å²) in [6.07, 6.45) is 0. The number of benzene rings is 2. The average molecular weight is 250 g/mol. The fourth-order valence-electron chi connectivity index (χ4n) is 1.71. The van der Waals surface area contributed by atoms with Gasteiger partial charge in [-0.1, -0.05) is 36.4 Å². The van der Waals surface area contributed by atoms with Crippen LogP contribution in [0.5, 0.6) is 5.75 Å². The molecule has 17 heavy (non-hydrogen) atoms. The van der Waals surface area contributed by atoms with Gasteiger partial charge in [0, 0.05) is 12.1 Å². The quantitative estimate of drug-likeness (QED) is 0.767. The Hall–Kier alpha value is -1.31. The Morgan fingerprint density at radius 1 is 1.12 bits per heavy atom. The molecule has 1 unspecified atom stereocenters. The van der Waals surface area contributed by atoms with Gasteiger partial charge in [-0.2, -0.15) is 0 Å². The van der Waals surface area contributed by atoms with Crippen molar-refractivity contribution in [2.45, 2.75) is 6.92 Å². The minimum absolute atomic E-state index is 0.374. The first-order valence-electron chi connectivity index (χ1n) is 5.52. The van der Waals surface area contributed by atoms with Crippen LogP contribution in [0.3, 0.4) is 0 Å². The third-order valence-electron chi connectivity index (χ3n) is 2.38. The van der Waals surface area contributed by atoms with Gasteiger partial charge in [0.2, 0.25) is 0 Å². The summed E-state index contributed by atoms with van der Waals surface area (Å²) in [5, 5.41) is 2.00. The summed E-state index contributed by atoms with van der Waals surface area (Å²) in [5.41, 5.74) is 0. The van der Waals surface area contributed by atoms with Gasteiger partial charge in [-0.15, -0.1) is 0 Å². The van der Waals surface area contributed by atoms with Gasteiger partial charge in [-0.25, -0.2) is 4.57 Å². The number of fused-ring (bicyclic) bond motifs is 1. The summed E-state index contributed by atoms with van der Waals surface area (Å²) in [6.45, 7) is 3.65. The summed E-state index contributed by atoms with van der Waals surface area (Å²) in [5.74, 6) is 0.599. The van der Waals surface area contributed by atoms with Crippen molar-refractivity contribution in [3.8, 4) is 5.75 Å². The van der Waals surface area contributed by atoms with Gasteiger partial charge in [-0.05, 0) is 18.4 Å². The van der Waals surface area contributed by atoms with Crippen LogP contribution in [0, 0.1) is 0 Å². The Morgan fingerprint density at radius 3 is 2.59 bits per heavy atom. The second kappa shape index (κ2) is 4.91. The Labute approximate surface area is 101 Å². The highest BCUT2D eigenvalue weighted by Crippen LogP contribution is 2.45. The minimum atomic E-state index is -3.02. The summed E-state index contributed by atoms with van der Waals surface area (Å²) in [6, 6.07) is 13.5. The third-order valence-corrected chi connectivity index (χ3v) is 3.63. The van der Waals surface area contributed by atoms with Crippen molar-refractivity contribution in [1.82, 2.24) is 0 Å². The van der Waals surface area contributed by atoms with E-state index in [1.807, 2.05) is 36.4 Å². The third kappa shape index (κ3) is 2.87. The lowest BCUT2D eigenvalue weighted by atomic mass is 10.1. The first-order chi connectivity index (χ1) is 8.12. The summed E-state index contributed by atoms with van der Waals surface area (Å²) >= 11 is 0. The lowest BCUT2D eigenvalue weighted by molar-refractivity contribution is 0.285. The molecule has 4 heteroatoms. The lowest BCUT2D eigenvalue weighted by Gasteiger charge is -2.15. The normalized spacial score (nSPS) is 14.5. The van der Waals surface area contributed by atoms with Gasteiger partial charge >= 0.3 is 7.60 Å². The SMILES string of the molecule is CCOP(C)(=O)Oc1cccc2ccccc12. The van der Waals surface area contributed by atoms with Crippen molar-refractivity contribution >= 4 is 18.4 Å². The number of hydrogen-bond acceptors (Lipinski definition) is 3. The maximum Gasteiger partial charge on any atom is 0.376 e. The molecule has 2 aromatic rings. The Kier molecular flexibility index (Phi) is 3.51. The minimum Gasteiger partial charge on any atom is -0.424 e.